The molecule has 0 saturated carbocycles. The number of benzene rings is 1. The average Bonchev–Trinajstić information content (AvgIpc) is 2.81. The molecule has 0 saturated heterocycles. The summed E-state index contributed by atoms with van der Waals surface area (Å²) in [5.74, 6) is 0. The Labute approximate surface area is 91.8 Å². The van der Waals surface area contributed by atoms with Gasteiger partial charge in [0.15, 0.2) is 0 Å². The van der Waals surface area contributed by atoms with Gasteiger partial charge >= 0.3 is 5.63 Å². The summed E-state index contributed by atoms with van der Waals surface area (Å²) >= 11 is 0. The highest BCUT2D eigenvalue weighted by Crippen LogP contribution is 2.19. The van der Waals surface area contributed by atoms with Crippen LogP contribution in [0.15, 0.2) is 44.6 Å². The highest BCUT2D eigenvalue weighted by Gasteiger charge is 2.14. The van der Waals surface area contributed by atoms with E-state index in [0.29, 0.717) is 11.3 Å². The first kappa shape index (κ1) is 9.15. The normalized spacial score (nSPS) is 14.9. The molecule has 0 aliphatic carbocycles. The molecular formula is C12H10N2O2. The van der Waals surface area contributed by atoms with Crippen LogP contribution in [0.2, 0.25) is 0 Å². The second-order valence-corrected chi connectivity index (χ2v) is 3.67. The lowest BCUT2D eigenvalue weighted by atomic mass is 10.2. The molecule has 0 N–H and O–H groups in total. The van der Waals surface area contributed by atoms with Gasteiger partial charge in [-0.1, -0.05) is 18.2 Å². The molecule has 1 aromatic heterocycles. The van der Waals surface area contributed by atoms with Crippen molar-refractivity contribution >= 4 is 22.9 Å². The van der Waals surface area contributed by atoms with Gasteiger partial charge in [0, 0.05) is 24.6 Å². The maximum Gasteiger partial charge on any atom is 0.361 e. The largest absolute Gasteiger partial charge is 0.421 e. The summed E-state index contributed by atoms with van der Waals surface area (Å²) in [5, 5.41) is 6.72. The molecule has 4 heteroatoms. The van der Waals surface area contributed by atoms with E-state index in [-0.39, 0.29) is 5.63 Å². The zero-order valence-corrected chi connectivity index (χ0v) is 8.59. The second kappa shape index (κ2) is 3.48. The number of hydrazone groups is 1. The fourth-order valence-electron chi connectivity index (χ4n) is 1.81. The first-order chi connectivity index (χ1) is 7.84. The molecule has 2 heterocycles. The van der Waals surface area contributed by atoms with E-state index < -0.39 is 0 Å². The third-order valence-corrected chi connectivity index (χ3v) is 2.59. The predicted octanol–water partition coefficient (Wildman–Crippen LogP) is 1.99. The lowest BCUT2D eigenvalue weighted by Gasteiger charge is -2.11. The van der Waals surface area contributed by atoms with E-state index >= 15 is 0 Å². The first-order valence-corrected chi connectivity index (χ1v) is 5.17. The SMILES string of the molecule is O=c1oc2ccccc2cc1N1CCC=N1. The smallest absolute Gasteiger partial charge is 0.361 e. The van der Waals surface area contributed by atoms with E-state index in [1.54, 1.807) is 17.3 Å². The zero-order chi connectivity index (χ0) is 11.0. The van der Waals surface area contributed by atoms with Crippen molar-refractivity contribution in [2.45, 2.75) is 6.42 Å². The number of rotatable bonds is 1. The molecule has 2 aromatic rings. The van der Waals surface area contributed by atoms with Crippen LogP contribution in [0.4, 0.5) is 5.69 Å². The summed E-state index contributed by atoms with van der Waals surface area (Å²) in [4.78, 5) is 11.7. The topological polar surface area (TPSA) is 45.8 Å². The minimum absolute atomic E-state index is 0.335. The van der Waals surface area contributed by atoms with Gasteiger partial charge in [-0.3, -0.25) is 5.01 Å². The lowest BCUT2D eigenvalue weighted by molar-refractivity contribution is 0.558. The average molecular weight is 214 g/mol. The predicted molar refractivity (Wildman–Crippen MR) is 62.9 cm³/mol. The Morgan fingerprint density at radius 2 is 2.19 bits per heavy atom. The fourth-order valence-corrected chi connectivity index (χ4v) is 1.81. The van der Waals surface area contributed by atoms with Crippen LogP contribution in [0.1, 0.15) is 6.42 Å². The third kappa shape index (κ3) is 1.39. The van der Waals surface area contributed by atoms with Crippen LogP contribution < -0.4 is 10.6 Å². The minimum Gasteiger partial charge on any atom is -0.421 e. The van der Waals surface area contributed by atoms with Gasteiger partial charge in [-0.25, -0.2) is 4.79 Å². The van der Waals surface area contributed by atoms with Crippen molar-refractivity contribution in [3.63, 3.8) is 0 Å². The molecule has 0 radical (unpaired) electrons. The van der Waals surface area contributed by atoms with Crippen molar-refractivity contribution < 1.29 is 4.42 Å². The van der Waals surface area contributed by atoms with Crippen molar-refractivity contribution in [2.75, 3.05) is 11.6 Å². The van der Waals surface area contributed by atoms with Crippen LogP contribution in [-0.4, -0.2) is 12.8 Å². The fraction of sp³-hybridized carbons (Fsp3) is 0.167. The van der Waals surface area contributed by atoms with Crippen LogP contribution in [-0.2, 0) is 0 Å². The molecule has 4 nitrogen and oxygen atoms in total. The van der Waals surface area contributed by atoms with E-state index in [0.717, 1.165) is 18.4 Å². The van der Waals surface area contributed by atoms with Crippen molar-refractivity contribution in [1.82, 2.24) is 0 Å². The second-order valence-electron chi connectivity index (χ2n) is 3.67. The standard InChI is InChI=1S/C12H10N2O2/c15-12-10(14-7-3-6-13-14)8-9-4-1-2-5-11(9)16-12/h1-2,4-6,8H,3,7H2. The van der Waals surface area contributed by atoms with Crippen molar-refractivity contribution in [3.05, 3.63) is 40.8 Å². The van der Waals surface area contributed by atoms with Gasteiger partial charge in [0.25, 0.3) is 0 Å². The summed E-state index contributed by atoms with van der Waals surface area (Å²) in [7, 11) is 0. The van der Waals surface area contributed by atoms with Crippen LogP contribution >= 0.6 is 0 Å². The highest BCUT2D eigenvalue weighted by molar-refractivity contribution is 5.80. The Bertz CT molecular complexity index is 616. The lowest BCUT2D eigenvalue weighted by Crippen LogP contribution is -2.19. The van der Waals surface area contributed by atoms with E-state index in [9.17, 15) is 4.79 Å². The Kier molecular flexibility index (Phi) is 1.99. The van der Waals surface area contributed by atoms with Gasteiger partial charge in [0.1, 0.15) is 11.3 Å². The van der Waals surface area contributed by atoms with Crippen molar-refractivity contribution in [3.8, 4) is 0 Å². The Balaban J connectivity index is 2.21. The van der Waals surface area contributed by atoms with Gasteiger partial charge < -0.3 is 4.42 Å². The number of anilines is 1. The molecular weight excluding hydrogens is 204 g/mol. The molecule has 1 aromatic carbocycles. The number of para-hydroxylation sites is 1. The molecule has 16 heavy (non-hydrogen) atoms. The van der Waals surface area contributed by atoms with Crippen LogP contribution in [0.3, 0.4) is 0 Å². The van der Waals surface area contributed by atoms with Gasteiger partial charge in [0.05, 0.1) is 0 Å². The summed E-state index contributed by atoms with van der Waals surface area (Å²) in [6.45, 7) is 0.739. The molecule has 80 valence electrons. The maximum absolute atomic E-state index is 11.7. The molecule has 0 bridgehead atoms. The Morgan fingerprint density at radius 3 is 3.00 bits per heavy atom. The number of hydrogen-bond acceptors (Lipinski definition) is 4. The summed E-state index contributed by atoms with van der Waals surface area (Å²) < 4.78 is 5.23. The van der Waals surface area contributed by atoms with E-state index in [1.807, 2.05) is 24.3 Å². The highest BCUT2D eigenvalue weighted by atomic mass is 16.4. The molecule has 0 spiro atoms. The first-order valence-electron chi connectivity index (χ1n) is 5.17. The van der Waals surface area contributed by atoms with Crippen LogP contribution in [0, 0.1) is 0 Å². The zero-order valence-electron chi connectivity index (χ0n) is 8.59. The van der Waals surface area contributed by atoms with Gasteiger partial charge in [0.2, 0.25) is 0 Å². The molecule has 0 unspecified atom stereocenters. The number of hydrogen-bond donors (Lipinski definition) is 0. The monoisotopic (exact) mass is 214 g/mol. The summed E-state index contributed by atoms with van der Waals surface area (Å²) in [6.07, 6.45) is 2.67. The van der Waals surface area contributed by atoms with Crippen LogP contribution in [0.25, 0.3) is 11.0 Å². The molecule has 1 aliphatic heterocycles. The molecule has 1 aliphatic rings. The number of fused-ring (bicyclic) bond motifs is 1. The van der Waals surface area contributed by atoms with Crippen molar-refractivity contribution in [2.24, 2.45) is 5.10 Å². The molecule has 0 atom stereocenters. The van der Waals surface area contributed by atoms with Gasteiger partial charge in [-0.15, -0.1) is 0 Å². The third-order valence-electron chi connectivity index (χ3n) is 2.59. The maximum atomic E-state index is 11.7. The quantitative estimate of drug-likeness (QED) is 0.682. The Hall–Kier alpha value is -2.10. The van der Waals surface area contributed by atoms with Gasteiger partial charge in [-0.2, -0.15) is 5.10 Å². The van der Waals surface area contributed by atoms with Crippen molar-refractivity contribution in [1.29, 1.82) is 0 Å². The Morgan fingerprint density at radius 1 is 1.31 bits per heavy atom. The summed E-state index contributed by atoms with van der Waals surface area (Å²) in [5.41, 5.74) is 0.782. The number of nitrogens with zero attached hydrogens (tertiary/aromatic N) is 2. The summed E-state index contributed by atoms with van der Waals surface area (Å²) in [6, 6.07) is 9.29. The minimum atomic E-state index is -0.335. The van der Waals surface area contributed by atoms with E-state index in [1.165, 1.54) is 0 Å². The van der Waals surface area contributed by atoms with E-state index in [4.69, 9.17) is 4.42 Å². The van der Waals surface area contributed by atoms with Crippen LogP contribution in [0.5, 0.6) is 0 Å². The molecule has 0 amide bonds. The van der Waals surface area contributed by atoms with Gasteiger partial charge in [-0.05, 0) is 12.1 Å². The molecule has 0 fully saturated rings. The van der Waals surface area contributed by atoms with E-state index in [2.05, 4.69) is 5.10 Å². The molecule has 3 rings (SSSR count).